The quantitative estimate of drug-likeness (QED) is 0.388. The summed E-state index contributed by atoms with van der Waals surface area (Å²) in [6.45, 7) is 8.38. The molecule has 1 aliphatic carbocycles. The lowest BCUT2D eigenvalue weighted by atomic mass is 10.0. The summed E-state index contributed by atoms with van der Waals surface area (Å²) in [5.41, 5.74) is 0. The van der Waals surface area contributed by atoms with E-state index < -0.39 is 0 Å². The van der Waals surface area contributed by atoms with Gasteiger partial charge < -0.3 is 15.4 Å². The molecule has 1 heterocycles. The maximum absolute atomic E-state index is 5.65. The van der Waals surface area contributed by atoms with E-state index in [2.05, 4.69) is 27.4 Å². The second kappa shape index (κ2) is 10.1. The fraction of sp³-hybridized carbons (Fsp3) is 0.941. The van der Waals surface area contributed by atoms with Crippen LogP contribution in [0, 0.1) is 5.92 Å². The molecule has 0 aromatic carbocycles. The molecule has 1 atom stereocenters. The third-order valence-corrected chi connectivity index (χ3v) is 4.69. The largest absolute Gasteiger partial charge is 0.381 e. The Kier molecular flexibility index (Phi) is 8.02. The summed E-state index contributed by atoms with van der Waals surface area (Å²) in [6, 6.07) is 0.652. The maximum Gasteiger partial charge on any atom is 0.191 e. The molecule has 0 aromatic rings. The number of guanidine groups is 1. The van der Waals surface area contributed by atoms with E-state index in [4.69, 9.17) is 4.74 Å². The molecule has 2 N–H and O–H groups in total. The van der Waals surface area contributed by atoms with Gasteiger partial charge in [0.25, 0.3) is 0 Å². The van der Waals surface area contributed by atoms with Gasteiger partial charge >= 0.3 is 0 Å². The van der Waals surface area contributed by atoms with Gasteiger partial charge in [0.15, 0.2) is 5.96 Å². The monoisotopic (exact) mass is 310 g/mol. The minimum atomic E-state index is 0.652. The van der Waals surface area contributed by atoms with Crippen molar-refractivity contribution in [1.29, 1.82) is 0 Å². The second-order valence-corrected chi connectivity index (χ2v) is 6.53. The van der Waals surface area contributed by atoms with Gasteiger partial charge in [-0.2, -0.15) is 0 Å². The first kappa shape index (κ1) is 17.5. The molecule has 0 radical (unpaired) electrons. The number of aliphatic imine (C=N–C) groups is 1. The Hall–Kier alpha value is -0.810. The van der Waals surface area contributed by atoms with Gasteiger partial charge in [0.05, 0.1) is 0 Å². The number of piperidine rings is 1. The topological polar surface area (TPSA) is 48.9 Å². The first-order valence-electron chi connectivity index (χ1n) is 9.09. The minimum absolute atomic E-state index is 0.652. The van der Waals surface area contributed by atoms with Crippen molar-refractivity contribution in [2.24, 2.45) is 10.9 Å². The number of ether oxygens (including phenoxy) is 1. The number of hydrogen-bond acceptors (Lipinski definition) is 3. The molecule has 2 aliphatic rings. The van der Waals surface area contributed by atoms with E-state index in [1.165, 1.54) is 38.6 Å². The maximum atomic E-state index is 5.65. The number of likely N-dealkylation sites (N-methyl/N-ethyl adjacent to an activating group) is 1. The molecule has 0 bridgehead atoms. The van der Waals surface area contributed by atoms with Crippen LogP contribution in [0.25, 0.3) is 0 Å². The number of likely N-dealkylation sites (tertiary alicyclic amines) is 1. The van der Waals surface area contributed by atoms with Gasteiger partial charge in [-0.05, 0) is 51.1 Å². The van der Waals surface area contributed by atoms with Crippen LogP contribution in [0.4, 0.5) is 0 Å². The van der Waals surface area contributed by atoms with Gasteiger partial charge in [0.1, 0.15) is 0 Å². The van der Waals surface area contributed by atoms with Gasteiger partial charge in [-0.1, -0.05) is 13.3 Å². The molecule has 1 saturated heterocycles. The van der Waals surface area contributed by atoms with Crippen molar-refractivity contribution < 1.29 is 4.74 Å². The molecule has 2 rings (SSSR count). The van der Waals surface area contributed by atoms with Crippen molar-refractivity contribution in [2.75, 3.05) is 46.4 Å². The highest BCUT2D eigenvalue weighted by Crippen LogP contribution is 2.28. The summed E-state index contributed by atoms with van der Waals surface area (Å²) in [5, 5.41) is 6.86. The predicted octanol–water partition coefficient (Wildman–Crippen LogP) is 1.84. The molecule has 1 aliphatic heterocycles. The highest BCUT2D eigenvalue weighted by Gasteiger charge is 2.21. The van der Waals surface area contributed by atoms with Gasteiger partial charge in [0, 0.05) is 39.4 Å². The van der Waals surface area contributed by atoms with Gasteiger partial charge in [-0.25, -0.2) is 0 Å². The van der Waals surface area contributed by atoms with Crippen LogP contribution in [0.2, 0.25) is 0 Å². The van der Waals surface area contributed by atoms with Crippen LogP contribution in [0.5, 0.6) is 0 Å². The zero-order chi connectivity index (χ0) is 15.6. The lowest BCUT2D eigenvalue weighted by molar-refractivity contribution is 0.123. The Balaban J connectivity index is 1.53. The summed E-state index contributed by atoms with van der Waals surface area (Å²) in [5.74, 6) is 1.78. The molecule has 0 spiro atoms. The number of nitrogens with zero attached hydrogens (tertiary/aromatic N) is 2. The van der Waals surface area contributed by atoms with E-state index >= 15 is 0 Å². The van der Waals surface area contributed by atoms with Crippen molar-refractivity contribution >= 4 is 5.96 Å². The smallest absolute Gasteiger partial charge is 0.191 e. The van der Waals surface area contributed by atoms with E-state index in [-0.39, 0.29) is 0 Å². The van der Waals surface area contributed by atoms with E-state index in [0.29, 0.717) is 6.04 Å². The third-order valence-electron chi connectivity index (χ3n) is 4.69. The van der Waals surface area contributed by atoms with E-state index in [1.54, 1.807) is 0 Å². The molecular formula is C17H34N4O. The normalized spacial score (nSPS) is 23.5. The molecule has 0 amide bonds. The predicted molar refractivity (Wildman–Crippen MR) is 92.4 cm³/mol. The molecule has 22 heavy (non-hydrogen) atoms. The summed E-state index contributed by atoms with van der Waals surface area (Å²) >= 11 is 0. The Bertz CT molecular complexity index is 331. The van der Waals surface area contributed by atoms with E-state index in [1.807, 2.05) is 7.05 Å². The van der Waals surface area contributed by atoms with Crippen LogP contribution in [0.3, 0.4) is 0 Å². The van der Waals surface area contributed by atoms with Crippen molar-refractivity contribution in [2.45, 2.75) is 51.5 Å². The van der Waals surface area contributed by atoms with Crippen LogP contribution >= 0.6 is 0 Å². The molecule has 5 heteroatoms. The lowest BCUT2D eigenvalue weighted by Crippen LogP contribution is -2.49. The summed E-state index contributed by atoms with van der Waals surface area (Å²) in [4.78, 5) is 6.89. The Morgan fingerprint density at radius 3 is 2.82 bits per heavy atom. The Morgan fingerprint density at radius 2 is 2.09 bits per heavy atom. The number of hydrogen-bond donors (Lipinski definition) is 2. The third kappa shape index (κ3) is 6.53. The SMILES string of the molecule is CCN1CCCCC1CNC(=NC)NCCCOCC1CC1. The fourth-order valence-corrected chi connectivity index (χ4v) is 3.06. The van der Waals surface area contributed by atoms with E-state index in [0.717, 1.165) is 51.1 Å². The number of nitrogens with one attached hydrogen (secondary N) is 2. The minimum Gasteiger partial charge on any atom is -0.381 e. The molecule has 2 fully saturated rings. The Labute approximate surface area is 135 Å². The second-order valence-electron chi connectivity index (χ2n) is 6.53. The molecule has 1 saturated carbocycles. The van der Waals surface area contributed by atoms with Gasteiger partial charge in [0.2, 0.25) is 0 Å². The molecule has 1 unspecified atom stereocenters. The molecule has 128 valence electrons. The van der Waals surface area contributed by atoms with Crippen LogP contribution < -0.4 is 10.6 Å². The average molecular weight is 310 g/mol. The van der Waals surface area contributed by atoms with E-state index in [9.17, 15) is 0 Å². The first-order chi connectivity index (χ1) is 10.8. The molecule has 5 nitrogen and oxygen atoms in total. The Morgan fingerprint density at radius 1 is 1.23 bits per heavy atom. The van der Waals surface area contributed by atoms with Crippen molar-refractivity contribution in [3.63, 3.8) is 0 Å². The highest BCUT2D eigenvalue weighted by atomic mass is 16.5. The van der Waals surface area contributed by atoms with Gasteiger partial charge in [-0.3, -0.25) is 9.89 Å². The van der Waals surface area contributed by atoms with Crippen molar-refractivity contribution in [3.05, 3.63) is 0 Å². The lowest BCUT2D eigenvalue weighted by Gasteiger charge is -2.35. The fourth-order valence-electron chi connectivity index (χ4n) is 3.06. The van der Waals surface area contributed by atoms with Crippen molar-refractivity contribution in [3.8, 4) is 0 Å². The summed E-state index contributed by atoms with van der Waals surface area (Å²) in [6.07, 6.45) is 7.77. The van der Waals surface area contributed by atoms with Gasteiger partial charge in [-0.15, -0.1) is 0 Å². The summed E-state index contributed by atoms with van der Waals surface area (Å²) in [7, 11) is 1.84. The van der Waals surface area contributed by atoms with Crippen LogP contribution in [-0.2, 0) is 4.74 Å². The highest BCUT2D eigenvalue weighted by molar-refractivity contribution is 5.79. The standard InChI is InChI=1S/C17H34N4O/c1-3-21-11-5-4-7-16(21)13-20-17(18-2)19-10-6-12-22-14-15-8-9-15/h15-16H,3-14H2,1-2H3,(H2,18,19,20). The zero-order valence-electron chi connectivity index (χ0n) is 14.4. The molecular weight excluding hydrogens is 276 g/mol. The average Bonchev–Trinajstić information content (AvgIpc) is 3.38. The zero-order valence-corrected chi connectivity index (χ0v) is 14.4. The molecule has 0 aromatic heterocycles. The van der Waals surface area contributed by atoms with Crippen LogP contribution in [0.1, 0.15) is 45.4 Å². The van der Waals surface area contributed by atoms with Crippen LogP contribution in [-0.4, -0.2) is 63.3 Å². The summed E-state index contributed by atoms with van der Waals surface area (Å²) < 4.78 is 5.65. The first-order valence-corrected chi connectivity index (χ1v) is 9.09. The van der Waals surface area contributed by atoms with Crippen molar-refractivity contribution in [1.82, 2.24) is 15.5 Å². The number of rotatable bonds is 9. The van der Waals surface area contributed by atoms with Crippen LogP contribution in [0.15, 0.2) is 4.99 Å².